The fourth-order valence-electron chi connectivity index (χ4n) is 2.50. The number of hydrogen-bond acceptors (Lipinski definition) is 1. The first-order valence-corrected chi connectivity index (χ1v) is 7.28. The average Bonchev–Trinajstić information content (AvgIpc) is 2.36. The zero-order valence-electron chi connectivity index (χ0n) is 9.75. The highest BCUT2D eigenvalue weighted by Gasteiger charge is 2.29. The van der Waals surface area contributed by atoms with Crippen LogP contribution < -0.4 is 0 Å². The molecule has 0 atom stereocenters. The standard InChI is InChI=1S/C16H16S/c1-3-7-13(8-4-1)16(15-11-17-12-15)14-9-5-2-6-10-14/h1-10,15-16H,11-12H2. The number of benzene rings is 2. The van der Waals surface area contributed by atoms with Crippen molar-refractivity contribution in [2.75, 3.05) is 11.5 Å². The van der Waals surface area contributed by atoms with E-state index < -0.39 is 0 Å². The van der Waals surface area contributed by atoms with Crippen LogP contribution >= 0.6 is 11.8 Å². The minimum atomic E-state index is 0.582. The molecule has 1 saturated heterocycles. The van der Waals surface area contributed by atoms with Crippen LogP contribution in [0, 0.1) is 5.92 Å². The SMILES string of the molecule is c1ccc(C(c2ccccc2)C2CSC2)cc1. The zero-order valence-corrected chi connectivity index (χ0v) is 10.6. The molecule has 0 bridgehead atoms. The summed E-state index contributed by atoms with van der Waals surface area (Å²) in [6.07, 6.45) is 0. The van der Waals surface area contributed by atoms with E-state index in [9.17, 15) is 0 Å². The largest absolute Gasteiger partial charge is 0.161 e. The lowest BCUT2D eigenvalue weighted by atomic mass is 9.82. The summed E-state index contributed by atoms with van der Waals surface area (Å²) in [4.78, 5) is 0. The Bertz CT molecular complexity index is 420. The van der Waals surface area contributed by atoms with Crippen molar-refractivity contribution in [3.63, 3.8) is 0 Å². The van der Waals surface area contributed by atoms with Crippen molar-refractivity contribution in [2.24, 2.45) is 5.92 Å². The van der Waals surface area contributed by atoms with Crippen LogP contribution in [0.25, 0.3) is 0 Å². The fraction of sp³-hybridized carbons (Fsp3) is 0.250. The molecule has 1 aliphatic heterocycles. The van der Waals surface area contributed by atoms with Crippen LogP contribution in [-0.2, 0) is 0 Å². The Morgan fingerprint density at radius 3 is 1.59 bits per heavy atom. The van der Waals surface area contributed by atoms with Gasteiger partial charge in [-0.15, -0.1) is 0 Å². The lowest BCUT2D eigenvalue weighted by Crippen LogP contribution is -2.26. The molecule has 0 saturated carbocycles. The molecular weight excluding hydrogens is 224 g/mol. The Morgan fingerprint density at radius 2 is 1.24 bits per heavy atom. The Hall–Kier alpha value is -1.21. The molecule has 86 valence electrons. The van der Waals surface area contributed by atoms with Crippen LogP contribution in [0.5, 0.6) is 0 Å². The first-order chi connectivity index (χ1) is 8.45. The molecule has 0 amide bonds. The highest BCUT2D eigenvalue weighted by molar-refractivity contribution is 8.00. The topological polar surface area (TPSA) is 0 Å². The van der Waals surface area contributed by atoms with Crippen LogP contribution in [0.4, 0.5) is 0 Å². The maximum Gasteiger partial charge on any atom is 0.0133 e. The van der Waals surface area contributed by atoms with E-state index in [1.54, 1.807) is 0 Å². The van der Waals surface area contributed by atoms with Crippen LogP contribution in [0.2, 0.25) is 0 Å². The summed E-state index contributed by atoms with van der Waals surface area (Å²) in [5, 5.41) is 0. The normalized spacial score (nSPS) is 15.8. The molecule has 1 aliphatic rings. The molecule has 0 spiro atoms. The van der Waals surface area contributed by atoms with Gasteiger partial charge in [0.15, 0.2) is 0 Å². The highest BCUT2D eigenvalue weighted by atomic mass is 32.2. The smallest absolute Gasteiger partial charge is 0.0133 e. The molecule has 2 aromatic carbocycles. The predicted octanol–water partition coefficient (Wildman–Crippen LogP) is 4.18. The quantitative estimate of drug-likeness (QED) is 0.775. The molecule has 0 radical (unpaired) electrons. The first-order valence-electron chi connectivity index (χ1n) is 6.13. The van der Waals surface area contributed by atoms with Gasteiger partial charge in [-0.05, 0) is 28.6 Å². The summed E-state index contributed by atoms with van der Waals surface area (Å²) >= 11 is 2.06. The minimum absolute atomic E-state index is 0.582. The van der Waals surface area contributed by atoms with Gasteiger partial charge < -0.3 is 0 Å². The Kier molecular flexibility index (Phi) is 3.19. The van der Waals surface area contributed by atoms with Gasteiger partial charge in [0.1, 0.15) is 0 Å². The van der Waals surface area contributed by atoms with Gasteiger partial charge in [-0.1, -0.05) is 60.7 Å². The van der Waals surface area contributed by atoms with Crippen molar-refractivity contribution < 1.29 is 0 Å². The summed E-state index contributed by atoms with van der Waals surface area (Å²) in [5.74, 6) is 3.99. The van der Waals surface area contributed by atoms with Crippen LogP contribution in [0.15, 0.2) is 60.7 Å². The lowest BCUT2D eigenvalue weighted by Gasteiger charge is -2.34. The van der Waals surface area contributed by atoms with E-state index in [1.807, 2.05) is 0 Å². The molecule has 1 heteroatoms. The molecule has 17 heavy (non-hydrogen) atoms. The Morgan fingerprint density at radius 1 is 0.765 bits per heavy atom. The second kappa shape index (κ2) is 4.97. The summed E-state index contributed by atoms with van der Waals surface area (Å²) in [7, 11) is 0. The Balaban J connectivity index is 1.98. The molecular formula is C16H16S. The monoisotopic (exact) mass is 240 g/mol. The van der Waals surface area contributed by atoms with Crippen molar-refractivity contribution >= 4 is 11.8 Å². The van der Waals surface area contributed by atoms with Crippen molar-refractivity contribution in [3.8, 4) is 0 Å². The van der Waals surface area contributed by atoms with Gasteiger partial charge in [0, 0.05) is 5.92 Å². The molecule has 0 N–H and O–H groups in total. The van der Waals surface area contributed by atoms with E-state index in [4.69, 9.17) is 0 Å². The summed E-state index contributed by atoms with van der Waals surface area (Å²) in [6, 6.07) is 21.9. The van der Waals surface area contributed by atoms with Crippen LogP contribution in [0.3, 0.4) is 0 Å². The van der Waals surface area contributed by atoms with Gasteiger partial charge >= 0.3 is 0 Å². The molecule has 1 fully saturated rings. The van der Waals surface area contributed by atoms with Gasteiger partial charge in [0.2, 0.25) is 0 Å². The Labute approximate surface area is 107 Å². The molecule has 2 aromatic rings. The van der Waals surface area contributed by atoms with Crippen LogP contribution in [0.1, 0.15) is 17.0 Å². The van der Waals surface area contributed by atoms with Crippen molar-refractivity contribution in [2.45, 2.75) is 5.92 Å². The average molecular weight is 240 g/mol. The summed E-state index contributed by atoms with van der Waals surface area (Å²) in [5.41, 5.74) is 2.92. The van der Waals surface area contributed by atoms with Gasteiger partial charge in [-0.2, -0.15) is 11.8 Å². The van der Waals surface area contributed by atoms with E-state index in [1.165, 1.54) is 22.6 Å². The molecule has 0 nitrogen and oxygen atoms in total. The van der Waals surface area contributed by atoms with Crippen molar-refractivity contribution in [1.29, 1.82) is 0 Å². The molecule has 1 heterocycles. The van der Waals surface area contributed by atoms with Gasteiger partial charge in [-0.25, -0.2) is 0 Å². The maximum atomic E-state index is 2.26. The first kappa shape index (κ1) is 10.9. The van der Waals surface area contributed by atoms with E-state index in [0.717, 1.165) is 5.92 Å². The summed E-state index contributed by atoms with van der Waals surface area (Å²) in [6.45, 7) is 0. The third-order valence-corrected chi connectivity index (χ3v) is 4.78. The van der Waals surface area contributed by atoms with E-state index >= 15 is 0 Å². The molecule has 0 aromatic heterocycles. The van der Waals surface area contributed by atoms with Gasteiger partial charge in [0.25, 0.3) is 0 Å². The fourth-order valence-corrected chi connectivity index (χ4v) is 3.40. The molecule has 3 rings (SSSR count). The van der Waals surface area contributed by atoms with E-state index in [-0.39, 0.29) is 0 Å². The second-order valence-electron chi connectivity index (χ2n) is 4.60. The lowest BCUT2D eigenvalue weighted by molar-refractivity contribution is 0.556. The van der Waals surface area contributed by atoms with Gasteiger partial charge in [-0.3, -0.25) is 0 Å². The molecule has 0 aliphatic carbocycles. The number of thioether (sulfide) groups is 1. The van der Waals surface area contributed by atoms with E-state index in [0.29, 0.717) is 5.92 Å². The van der Waals surface area contributed by atoms with Crippen molar-refractivity contribution in [3.05, 3.63) is 71.8 Å². The number of hydrogen-bond donors (Lipinski definition) is 0. The number of rotatable bonds is 3. The zero-order chi connectivity index (χ0) is 11.5. The highest BCUT2D eigenvalue weighted by Crippen LogP contribution is 2.41. The molecule has 0 unspecified atom stereocenters. The maximum absolute atomic E-state index is 2.26. The predicted molar refractivity (Wildman–Crippen MR) is 75.5 cm³/mol. The third kappa shape index (κ3) is 2.25. The van der Waals surface area contributed by atoms with Crippen LogP contribution in [-0.4, -0.2) is 11.5 Å². The summed E-state index contributed by atoms with van der Waals surface area (Å²) < 4.78 is 0. The minimum Gasteiger partial charge on any atom is -0.161 e. The third-order valence-electron chi connectivity index (χ3n) is 3.45. The van der Waals surface area contributed by atoms with E-state index in [2.05, 4.69) is 72.4 Å². The second-order valence-corrected chi connectivity index (χ2v) is 5.67. The van der Waals surface area contributed by atoms with Crippen molar-refractivity contribution in [1.82, 2.24) is 0 Å². The van der Waals surface area contributed by atoms with Gasteiger partial charge in [0.05, 0.1) is 0 Å².